The fraction of sp³-hybridized carbons (Fsp3) is 0.769. The standard InChI is InChI=1S/C13H26N4/c1-4-5-11-17-12-9-15-13(17)14-8-6-7-10-16(2)3/h9,12H,4-8,10-11H2,1-3H3,(H,14,15). The van der Waals surface area contributed by atoms with Crippen molar-refractivity contribution in [2.45, 2.75) is 39.2 Å². The molecule has 1 aromatic rings. The van der Waals surface area contributed by atoms with Crippen LogP contribution in [0.15, 0.2) is 12.4 Å². The predicted octanol–water partition coefficient (Wildman–Crippen LogP) is 2.44. The second kappa shape index (κ2) is 8.12. The zero-order chi connectivity index (χ0) is 12.5. The highest BCUT2D eigenvalue weighted by molar-refractivity contribution is 5.25. The third-order valence-electron chi connectivity index (χ3n) is 2.78. The number of nitrogens with zero attached hydrogens (tertiary/aromatic N) is 3. The molecule has 0 aliphatic heterocycles. The van der Waals surface area contributed by atoms with E-state index in [2.05, 4.69) is 47.0 Å². The number of hydrogen-bond acceptors (Lipinski definition) is 3. The van der Waals surface area contributed by atoms with E-state index in [0.29, 0.717) is 0 Å². The fourth-order valence-corrected chi connectivity index (χ4v) is 1.74. The van der Waals surface area contributed by atoms with E-state index < -0.39 is 0 Å². The van der Waals surface area contributed by atoms with Crippen LogP contribution >= 0.6 is 0 Å². The third kappa shape index (κ3) is 5.73. The van der Waals surface area contributed by atoms with Crippen molar-refractivity contribution in [1.82, 2.24) is 14.5 Å². The predicted molar refractivity (Wildman–Crippen MR) is 73.4 cm³/mol. The molecule has 4 heteroatoms. The number of imidazole rings is 1. The monoisotopic (exact) mass is 238 g/mol. The molecule has 1 rings (SSSR count). The first-order valence-corrected chi connectivity index (χ1v) is 6.63. The lowest BCUT2D eigenvalue weighted by molar-refractivity contribution is 0.396. The van der Waals surface area contributed by atoms with Crippen LogP contribution < -0.4 is 5.32 Å². The minimum absolute atomic E-state index is 1.01. The van der Waals surface area contributed by atoms with E-state index in [4.69, 9.17) is 0 Å². The molecule has 4 nitrogen and oxygen atoms in total. The minimum Gasteiger partial charge on any atom is -0.356 e. The zero-order valence-corrected chi connectivity index (χ0v) is 11.4. The summed E-state index contributed by atoms with van der Waals surface area (Å²) < 4.78 is 2.20. The average Bonchev–Trinajstić information content (AvgIpc) is 2.73. The van der Waals surface area contributed by atoms with Crippen molar-refractivity contribution in [3.63, 3.8) is 0 Å². The lowest BCUT2D eigenvalue weighted by atomic mass is 10.3. The minimum atomic E-state index is 1.01. The van der Waals surface area contributed by atoms with Crippen molar-refractivity contribution < 1.29 is 0 Å². The van der Waals surface area contributed by atoms with Crippen molar-refractivity contribution in [3.8, 4) is 0 Å². The van der Waals surface area contributed by atoms with Gasteiger partial charge < -0.3 is 14.8 Å². The smallest absolute Gasteiger partial charge is 0.202 e. The summed E-state index contributed by atoms with van der Waals surface area (Å²) in [5.41, 5.74) is 0. The summed E-state index contributed by atoms with van der Waals surface area (Å²) in [6.45, 7) is 5.45. The fourth-order valence-electron chi connectivity index (χ4n) is 1.74. The molecule has 0 saturated heterocycles. The summed E-state index contributed by atoms with van der Waals surface area (Å²) in [7, 11) is 4.23. The molecule has 0 spiro atoms. The van der Waals surface area contributed by atoms with Crippen LogP contribution in [0, 0.1) is 0 Å². The summed E-state index contributed by atoms with van der Waals surface area (Å²) in [6, 6.07) is 0. The van der Waals surface area contributed by atoms with Crippen LogP contribution in [0.4, 0.5) is 5.95 Å². The average molecular weight is 238 g/mol. The van der Waals surface area contributed by atoms with Crippen LogP contribution in [-0.2, 0) is 6.54 Å². The van der Waals surface area contributed by atoms with Gasteiger partial charge in [-0.25, -0.2) is 4.98 Å². The second-order valence-corrected chi connectivity index (χ2v) is 4.73. The van der Waals surface area contributed by atoms with E-state index in [0.717, 1.165) is 25.6 Å². The first-order chi connectivity index (χ1) is 8.24. The third-order valence-corrected chi connectivity index (χ3v) is 2.78. The van der Waals surface area contributed by atoms with E-state index in [1.165, 1.54) is 25.7 Å². The van der Waals surface area contributed by atoms with Gasteiger partial charge in [-0.3, -0.25) is 0 Å². The first-order valence-electron chi connectivity index (χ1n) is 6.63. The van der Waals surface area contributed by atoms with Crippen LogP contribution in [0.25, 0.3) is 0 Å². The Hall–Kier alpha value is -1.03. The molecule has 0 aliphatic rings. The maximum Gasteiger partial charge on any atom is 0.202 e. The molecule has 0 bridgehead atoms. The lowest BCUT2D eigenvalue weighted by Crippen LogP contribution is -2.15. The van der Waals surface area contributed by atoms with Gasteiger partial charge >= 0.3 is 0 Å². The topological polar surface area (TPSA) is 33.1 Å². The molecule has 0 fully saturated rings. The maximum atomic E-state index is 4.34. The van der Waals surface area contributed by atoms with Crippen LogP contribution in [0.1, 0.15) is 32.6 Å². The van der Waals surface area contributed by atoms with Gasteiger partial charge in [-0.05, 0) is 39.9 Å². The van der Waals surface area contributed by atoms with Gasteiger partial charge in [0.15, 0.2) is 0 Å². The molecule has 1 N–H and O–H groups in total. The summed E-state index contributed by atoms with van der Waals surface area (Å²) in [5.74, 6) is 1.02. The van der Waals surface area contributed by atoms with Gasteiger partial charge in [0.25, 0.3) is 0 Å². The summed E-state index contributed by atoms with van der Waals surface area (Å²) >= 11 is 0. The Bertz CT molecular complexity index is 293. The van der Waals surface area contributed by atoms with Gasteiger partial charge in [-0.1, -0.05) is 13.3 Å². The quantitative estimate of drug-likeness (QED) is 0.671. The first kappa shape index (κ1) is 14.0. The Morgan fingerprint density at radius 3 is 2.82 bits per heavy atom. The number of anilines is 1. The van der Waals surface area contributed by atoms with Crippen molar-refractivity contribution in [3.05, 3.63) is 12.4 Å². The molecular formula is C13H26N4. The molecule has 0 aromatic carbocycles. The van der Waals surface area contributed by atoms with Gasteiger partial charge in [0, 0.05) is 25.5 Å². The van der Waals surface area contributed by atoms with E-state index in [9.17, 15) is 0 Å². The van der Waals surface area contributed by atoms with E-state index >= 15 is 0 Å². The Labute approximate surface area is 105 Å². The largest absolute Gasteiger partial charge is 0.356 e. The number of rotatable bonds is 9. The highest BCUT2D eigenvalue weighted by atomic mass is 15.2. The molecule has 0 atom stereocenters. The zero-order valence-electron chi connectivity index (χ0n) is 11.4. The van der Waals surface area contributed by atoms with Crippen LogP contribution in [0.5, 0.6) is 0 Å². The molecule has 17 heavy (non-hydrogen) atoms. The highest BCUT2D eigenvalue weighted by Crippen LogP contribution is 2.06. The van der Waals surface area contributed by atoms with E-state index in [1.807, 2.05) is 6.20 Å². The highest BCUT2D eigenvalue weighted by Gasteiger charge is 2.00. The summed E-state index contributed by atoms with van der Waals surface area (Å²) in [4.78, 5) is 6.57. The van der Waals surface area contributed by atoms with Crippen molar-refractivity contribution in [2.24, 2.45) is 0 Å². The molecule has 0 aliphatic carbocycles. The molecule has 0 unspecified atom stereocenters. The van der Waals surface area contributed by atoms with Crippen LogP contribution in [0.2, 0.25) is 0 Å². The number of aromatic nitrogens is 2. The molecular weight excluding hydrogens is 212 g/mol. The number of unbranched alkanes of at least 4 members (excludes halogenated alkanes) is 2. The summed E-state index contributed by atoms with van der Waals surface area (Å²) in [5, 5.41) is 3.41. The lowest BCUT2D eigenvalue weighted by Gasteiger charge is -2.11. The number of nitrogens with one attached hydrogen (secondary N) is 1. The van der Waals surface area contributed by atoms with Crippen LogP contribution in [0.3, 0.4) is 0 Å². The molecule has 1 aromatic heterocycles. The number of hydrogen-bond donors (Lipinski definition) is 1. The SMILES string of the molecule is CCCCn1ccnc1NCCCCN(C)C. The van der Waals surface area contributed by atoms with Gasteiger partial charge in [0.05, 0.1) is 0 Å². The molecule has 0 amide bonds. The molecule has 0 radical (unpaired) electrons. The van der Waals surface area contributed by atoms with Gasteiger partial charge in [0.2, 0.25) is 5.95 Å². The van der Waals surface area contributed by atoms with Crippen molar-refractivity contribution >= 4 is 5.95 Å². The van der Waals surface area contributed by atoms with E-state index in [1.54, 1.807) is 0 Å². The van der Waals surface area contributed by atoms with Crippen molar-refractivity contribution in [1.29, 1.82) is 0 Å². The Kier molecular flexibility index (Phi) is 6.70. The van der Waals surface area contributed by atoms with Gasteiger partial charge in [-0.15, -0.1) is 0 Å². The Morgan fingerprint density at radius 1 is 1.29 bits per heavy atom. The van der Waals surface area contributed by atoms with Crippen LogP contribution in [-0.4, -0.2) is 41.6 Å². The Morgan fingerprint density at radius 2 is 2.12 bits per heavy atom. The van der Waals surface area contributed by atoms with Crippen molar-refractivity contribution in [2.75, 3.05) is 32.5 Å². The molecule has 1 heterocycles. The summed E-state index contributed by atoms with van der Waals surface area (Å²) in [6.07, 6.45) is 8.79. The Balaban J connectivity index is 2.19. The normalized spacial score (nSPS) is 11.1. The van der Waals surface area contributed by atoms with E-state index in [-0.39, 0.29) is 0 Å². The maximum absolute atomic E-state index is 4.34. The second-order valence-electron chi connectivity index (χ2n) is 4.73. The molecule has 98 valence electrons. The number of aryl methyl sites for hydroxylation is 1. The van der Waals surface area contributed by atoms with Gasteiger partial charge in [-0.2, -0.15) is 0 Å². The molecule has 0 saturated carbocycles. The van der Waals surface area contributed by atoms with Gasteiger partial charge in [0.1, 0.15) is 0 Å².